The van der Waals surface area contributed by atoms with E-state index in [0.29, 0.717) is 17.3 Å². The van der Waals surface area contributed by atoms with Crippen LogP contribution in [0.2, 0.25) is 5.02 Å². The summed E-state index contributed by atoms with van der Waals surface area (Å²) in [5.41, 5.74) is 0.742. The van der Waals surface area contributed by atoms with Crippen molar-refractivity contribution in [2.75, 3.05) is 44.6 Å². The molecule has 1 aliphatic carbocycles. The quantitative estimate of drug-likeness (QED) is 0.378. The summed E-state index contributed by atoms with van der Waals surface area (Å²) < 4.78 is 6.52. The Balaban J connectivity index is 1.04. The van der Waals surface area contributed by atoms with Crippen molar-refractivity contribution in [2.24, 2.45) is 11.8 Å². The molecule has 46 heavy (non-hydrogen) atoms. The molecule has 3 saturated heterocycles. The van der Waals surface area contributed by atoms with Crippen molar-refractivity contribution >= 4 is 35.0 Å². The Kier molecular flexibility index (Phi) is 9.19. The van der Waals surface area contributed by atoms with Gasteiger partial charge < -0.3 is 25.2 Å². The molecule has 4 fully saturated rings. The minimum Gasteiger partial charge on any atom is -0.359 e. The number of piperazine rings is 1. The van der Waals surface area contributed by atoms with Crippen LogP contribution in [0.5, 0.6) is 0 Å². The first-order valence-corrected chi connectivity index (χ1v) is 17.3. The summed E-state index contributed by atoms with van der Waals surface area (Å²) in [6, 6.07) is 16.8. The molecule has 0 aromatic heterocycles. The molecule has 244 valence electrons. The lowest BCUT2D eigenvalue weighted by Gasteiger charge is -2.36. The summed E-state index contributed by atoms with van der Waals surface area (Å²) in [6.07, 6.45) is 9.20. The highest BCUT2D eigenvalue weighted by molar-refractivity contribution is 6.30. The van der Waals surface area contributed by atoms with Gasteiger partial charge in [-0.3, -0.25) is 19.3 Å². The fourth-order valence-electron chi connectivity index (χ4n) is 8.30. The van der Waals surface area contributed by atoms with E-state index in [1.165, 1.54) is 12.0 Å². The number of hydrogen-bond acceptors (Lipinski definition) is 6. The predicted octanol–water partition coefficient (Wildman–Crippen LogP) is 4.09. The van der Waals surface area contributed by atoms with E-state index in [2.05, 4.69) is 44.7 Å². The average Bonchev–Trinajstić information content (AvgIpc) is 3.70. The van der Waals surface area contributed by atoms with Crippen molar-refractivity contribution in [3.8, 4) is 0 Å². The van der Waals surface area contributed by atoms with Crippen molar-refractivity contribution in [3.05, 3.63) is 77.3 Å². The van der Waals surface area contributed by atoms with Crippen LogP contribution in [0.4, 0.5) is 5.69 Å². The van der Waals surface area contributed by atoms with Gasteiger partial charge in [-0.25, -0.2) is 0 Å². The zero-order valence-electron chi connectivity index (χ0n) is 26.3. The number of nitrogens with zero attached hydrogens (tertiary/aromatic N) is 3. The molecule has 4 aliphatic heterocycles. The Bertz CT molecular complexity index is 1460. The summed E-state index contributed by atoms with van der Waals surface area (Å²) in [4.78, 5) is 48.8. The molecule has 1 spiro atoms. The second-order valence-electron chi connectivity index (χ2n) is 13.5. The number of ether oxygens (including phenoxy) is 1. The standard InChI is InChI=1S/C36H44ClN5O4/c37-26-11-7-14-28(23-26)39-33(43)30-29-15-16-36(46-29)31(30)35(45)42(32(36)34(44)38-27-12-5-2-6-13-27)18-8-17-40-19-21-41(22-20-40)24-25-9-3-1-4-10-25/h1,3-4,7,9-11,14-16,23,27,29-32H,2,5-6,8,12-13,17-22,24H2,(H,38,44)(H,39,43). The molecule has 7 rings (SSSR count). The Labute approximate surface area is 276 Å². The molecular formula is C36H44ClN5O4. The second kappa shape index (κ2) is 13.5. The van der Waals surface area contributed by atoms with Gasteiger partial charge in [0.15, 0.2) is 0 Å². The molecule has 9 nitrogen and oxygen atoms in total. The van der Waals surface area contributed by atoms with E-state index in [1.54, 1.807) is 29.2 Å². The maximum atomic E-state index is 14.3. The maximum absolute atomic E-state index is 14.3. The van der Waals surface area contributed by atoms with Gasteiger partial charge in [0.1, 0.15) is 11.6 Å². The summed E-state index contributed by atoms with van der Waals surface area (Å²) in [5.74, 6) is -2.12. The third-order valence-electron chi connectivity index (χ3n) is 10.6. The van der Waals surface area contributed by atoms with Crippen molar-refractivity contribution in [1.82, 2.24) is 20.0 Å². The van der Waals surface area contributed by atoms with Gasteiger partial charge in [0.25, 0.3) is 0 Å². The molecule has 2 N–H and O–H groups in total. The van der Waals surface area contributed by atoms with Gasteiger partial charge in [-0.1, -0.05) is 79.4 Å². The monoisotopic (exact) mass is 645 g/mol. The molecule has 5 aliphatic rings. The molecule has 4 heterocycles. The average molecular weight is 646 g/mol. The number of benzene rings is 2. The molecule has 2 bridgehead atoms. The van der Waals surface area contributed by atoms with E-state index in [9.17, 15) is 14.4 Å². The minimum absolute atomic E-state index is 0.102. The van der Waals surface area contributed by atoms with Gasteiger partial charge in [0.05, 0.1) is 17.9 Å². The van der Waals surface area contributed by atoms with Crippen LogP contribution in [-0.2, 0) is 25.7 Å². The molecule has 10 heteroatoms. The number of fused-ring (bicyclic) bond motifs is 1. The lowest BCUT2D eigenvalue weighted by molar-refractivity contribution is -0.141. The van der Waals surface area contributed by atoms with Crippen LogP contribution < -0.4 is 10.6 Å². The number of halogens is 1. The number of nitrogens with one attached hydrogen (secondary N) is 2. The molecule has 1 saturated carbocycles. The van der Waals surface area contributed by atoms with E-state index in [0.717, 1.165) is 71.4 Å². The van der Waals surface area contributed by atoms with Crippen molar-refractivity contribution < 1.29 is 19.1 Å². The van der Waals surface area contributed by atoms with Gasteiger partial charge in [-0.15, -0.1) is 0 Å². The van der Waals surface area contributed by atoms with Gasteiger partial charge in [0, 0.05) is 56.0 Å². The maximum Gasteiger partial charge on any atom is 0.246 e. The highest BCUT2D eigenvalue weighted by atomic mass is 35.5. The minimum atomic E-state index is -1.15. The zero-order chi connectivity index (χ0) is 31.7. The van der Waals surface area contributed by atoms with E-state index in [4.69, 9.17) is 16.3 Å². The van der Waals surface area contributed by atoms with Crippen LogP contribution in [0.25, 0.3) is 0 Å². The number of hydrogen-bond donors (Lipinski definition) is 2. The topological polar surface area (TPSA) is 94.2 Å². The van der Waals surface area contributed by atoms with Crippen LogP contribution in [0.15, 0.2) is 66.7 Å². The van der Waals surface area contributed by atoms with E-state index >= 15 is 0 Å². The summed E-state index contributed by atoms with van der Waals surface area (Å²) in [6.45, 7) is 6.18. The van der Waals surface area contributed by atoms with Crippen molar-refractivity contribution in [1.29, 1.82) is 0 Å². The summed E-state index contributed by atoms with van der Waals surface area (Å²) >= 11 is 6.16. The lowest BCUT2D eigenvalue weighted by atomic mass is 9.74. The van der Waals surface area contributed by atoms with Crippen LogP contribution in [0, 0.1) is 11.8 Å². The molecule has 5 atom stereocenters. The number of anilines is 1. The van der Waals surface area contributed by atoms with Gasteiger partial charge in [-0.05, 0) is 49.6 Å². The second-order valence-corrected chi connectivity index (χ2v) is 14.0. The first-order chi connectivity index (χ1) is 22.4. The van der Waals surface area contributed by atoms with E-state index in [-0.39, 0.29) is 23.8 Å². The number of rotatable bonds is 10. The number of likely N-dealkylation sites (tertiary alicyclic amines) is 1. The number of carbonyl (C=O) groups is 3. The Hall–Kier alpha value is -3.24. The predicted molar refractivity (Wildman–Crippen MR) is 177 cm³/mol. The van der Waals surface area contributed by atoms with E-state index < -0.39 is 29.6 Å². The molecule has 2 aromatic carbocycles. The molecule has 2 aromatic rings. The highest BCUT2D eigenvalue weighted by Gasteiger charge is 2.72. The molecule has 5 unspecified atom stereocenters. The Morgan fingerprint density at radius 1 is 0.913 bits per heavy atom. The van der Waals surface area contributed by atoms with Crippen LogP contribution in [0.3, 0.4) is 0 Å². The summed E-state index contributed by atoms with van der Waals surface area (Å²) in [7, 11) is 0. The highest BCUT2D eigenvalue weighted by Crippen LogP contribution is 2.55. The number of amides is 3. The fourth-order valence-corrected chi connectivity index (χ4v) is 8.49. The summed E-state index contributed by atoms with van der Waals surface area (Å²) in [5, 5.41) is 6.74. The zero-order valence-corrected chi connectivity index (χ0v) is 27.0. The third-order valence-corrected chi connectivity index (χ3v) is 10.8. The van der Waals surface area contributed by atoms with Crippen molar-refractivity contribution in [3.63, 3.8) is 0 Å². The normalized spacial score (nSPS) is 29.7. The first kappa shape index (κ1) is 31.4. The molecule has 3 amide bonds. The van der Waals surface area contributed by atoms with Gasteiger partial charge >= 0.3 is 0 Å². The lowest BCUT2D eigenvalue weighted by Crippen LogP contribution is -2.56. The Morgan fingerprint density at radius 2 is 1.67 bits per heavy atom. The first-order valence-electron chi connectivity index (χ1n) is 16.9. The van der Waals surface area contributed by atoms with Crippen LogP contribution in [-0.4, -0.2) is 95.5 Å². The van der Waals surface area contributed by atoms with Crippen LogP contribution in [0.1, 0.15) is 44.1 Å². The molecule has 0 radical (unpaired) electrons. The largest absolute Gasteiger partial charge is 0.359 e. The SMILES string of the molecule is O=C(Nc1cccc(Cl)c1)C1C2C=CC3(O2)C1C(=O)N(CCCN1CCN(Cc2ccccc2)CC1)C3C(=O)NC1CCCCC1. The van der Waals surface area contributed by atoms with Gasteiger partial charge in [-0.2, -0.15) is 0 Å². The molecular weight excluding hydrogens is 602 g/mol. The smallest absolute Gasteiger partial charge is 0.246 e. The number of carbonyl (C=O) groups excluding carboxylic acids is 3. The van der Waals surface area contributed by atoms with Crippen LogP contribution >= 0.6 is 11.6 Å². The van der Waals surface area contributed by atoms with Crippen molar-refractivity contribution in [2.45, 2.75) is 68.9 Å². The fraction of sp³-hybridized carbons (Fsp3) is 0.528. The third kappa shape index (κ3) is 6.22. The Morgan fingerprint density at radius 3 is 2.43 bits per heavy atom. The van der Waals surface area contributed by atoms with E-state index in [1.807, 2.05) is 18.2 Å². The van der Waals surface area contributed by atoms with Gasteiger partial charge in [0.2, 0.25) is 17.7 Å².